The van der Waals surface area contributed by atoms with E-state index in [4.69, 9.17) is 18.9 Å². The second-order valence-corrected chi connectivity index (χ2v) is 5.19. The number of benzene rings is 2. The molecule has 0 aliphatic rings. The van der Waals surface area contributed by atoms with E-state index < -0.39 is 24.4 Å². The number of rotatable bonds is 7. The molecule has 2 aromatic rings. The van der Waals surface area contributed by atoms with Gasteiger partial charge in [0.2, 0.25) is 0 Å². The number of hydrogen-bond donors (Lipinski definition) is 1. The van der Waals surface area contributed by atoms with Crippen molar-refractivity contribution in [1.82, 2.24) is 5.32 Å². The minimum absolute atomic E-state index is 0.0476. The van der Waals surface area contributed by atoms with Crippen molar-refractivity contribution in [2.24, 2.45) is 0 Å². The lowest BCUT2D eigenvalue weighted by Crippen LogP contribution is -2.34. The number of ether oxygens (including phenoxy) is 4. The standard InChI is InChI=1S/C19H19NO7/c1-24-13-8-5-4-7-12(13)18(22)20-16(21)11-27-19(23)17-14(25-2)9-6-10-15(17)26-3/h4-10H,11H2,1-3H3,(H,20,21,22). The summed E-state index contributed by atoms with van der Waals surface area (Å²) >= 11 is 0. The number of amides is 2. The number of carbonyl (C=O) groups excluding carboxylic acids is 3. The van der Waals surface area contributed by atoms with E-state index >= 15 is 0 Å². The van der Waals surface area contributed by atoms with Crippen LogP contribution in [0.15, 0.2) is 42.5 Å². The van der Waals surface area contributed by atoms with Crippen molar-refractivity contribution < 1.29 is 33.3 Å². The lowest BCUT2D eigenvalue weighted by Gasteiger charge is -2.12. The molecule has 0 unspecified atom stereocenters. The van der Waals surface area contributed by atoms with Crippen LogP contribution in [0.4, 0.5) is 0 Å². The summed E-state index contributed by atoms with van der Waals surface area (Å²) in [6, 6.07) is 11.2. The molecule has 0 spiro atoms. The molecule has 2 amide bonds. The highest BCUT2D eigenvalue weighted by atomic mass is 16.5. The molecule has 0 radical (unpaired) electrons. The average molecular weight is 373 g/mol. The van der Waals surface area contributed by atoms with Gasteiger partial charge in [-0.15, -0.1) is 0 Å². The van der Waals surface area contributed by atoms with E-state index in [1.54, 1.807) is 36.4 Å². The van der Waals surface area contributed by atoms with Gasteiger partial charge in [-0.05, 0) is 24.3 Å². The summed E-state index contributed by atoms with van der Waals surface area (Å²) in [4.78, 5) is 36.4. The van der Waals surface area contributed by atoms with E-state index in [-0.39, 0.29) is 22.6 Å². The Morgan fingerprint density at radius 1 is 0.815 bits per heavy atom. The number of nitrogens with one attached hydrogen (secondary N) is 1. The Labute approximate surface area is 156 Å². The monoisotopic (exact) mass is 373 g/mol. The molecule has 0 aliphatic heterocycles. The van der Waals surface area contributed by atoms with Gasteiger partial charge in [0.05, 0.1) is 26.9 Å². The zero-order chi connectivity index (χ0) is 19.8. The van der Waals surface area contributed by atoms with E-state index in [0.29, 0.717) is 5.75 Å². The van der Waals surface area contributed by atoms with Crippen LogP contribution >= 0.6 is 0 Å². The third kappa shape index (κ3) is 4.75. The molecule has 27 heavy (non-hydrogen) atoms. The highest BCUT2D eigenvalue weighted by molar-refractivity contribution is 6.07. The van der Waals surface area contributed by atoms with Crippen molar-refractivity contribution in [3.05, 3.63) is 53.6 Å². The molecule has 0 heterocycles. The van der Waals surface area contributed by atoms with Gasteiger partial charge in [-0.25, -0.2) is 4.79 Å². The molecule has 2 aromatic carbocycles. The zero-order valence-electron chi connectivity index (χ0n) is 15.1. The fraction of sp³-hybridized carbons (Fsp3) is 0.211. The molecule has 2 rings (SSSR count). The van der Waals surface area contributed by atoms with Gasteiger partial charge in [-0.1, -0.05) is 18.2 Å². The van der Waals surface area contributed by atoms with Crippen molar-refractivity contribution in [2.75, 3.05) is 27.9 Å². The fourth-order valence-corrected chi connectivity index (χ4v) is 2.32. The van der Waals surface area contributed by atoms with Gasteiger partial charge in [0.15, 0.2) is 6.61 Å². The molecule has 1 N–H and O–H groups in total. The third-order valence-corrected chi connectivity index (χ3v) is 3.57. The topological polar surface area (TPSA) is 100 Å². The maximum atomic E-state index is 12.3. The van der Waals surface area contributed by atoms with Crippen LogP contribution in [0.3, 0.4) is 0 Å². The highest BCUT2D eigenvalue weighted by Gasteiger charge is 2.21. The van der Waals surface area contributed by atoms with Gasteiger partial charge < -0.3 is 18.9 Å². The van der Waals surface area contributed by atoms with E-state index in [2.05, 4.69) is 5.32 Å². The molecular weight excluding hydrogens is 354 g/mol. The van der Waals surface area contributed by atoms with Crippen LogP contribution in [-0.2, 0) is 9.53 Å². The molecule has 8 heteroatoms. The summed E-state index contributed by atoms with van der Waals surface area (Å²) in [6.45, 7) is -0.652. The summed E-state index contributed by atoms with van der Waals surface area (Å²) in [5.41, 5.74) is 0.234. The van der Waals surface area contributed by atoms with Gasteiger partial charge in [0.1, 0.15) is 22.8 Å². The van der Waals surface area contributed by atoms with Gasteiger partial charge >= 0.3 is 5.97 Å². The third-order valence-electron chi connectivity index (χ3n) is 3.57. The first-order chi connectivity index (χ1) is 13.0. The van der Waals surface area contributed by atoms with Crippen LogP contribution in [0.5, 0.6) is 17.2 Å². The van der Waals surface area contributed by atoms with E-state index in [1.165, 1.54) is 27.4 Å². The highest BCUT2D eigenvalue weighted by Crippen LogP contribution is 2.28. The first kappa shape index (κ1) is 19.8. The number of methoxy groups -OCH3 is 3. The number of hydrogen-bond acceptors (Lipinski definition) is 7. The Hall–Kier alpha value is -3.55. The molecule has 0 bridgehead atoms. The average Bonchev–Trinajstić information content (AvgIpc) is 2.71. The molecular formula is C19H19NO7. The second kappa shape index (κ2) is 9.23. The lowest BCUT2D eigenvalue weighted by molar-refractivity contribution is -0.123. The van der Waals surface area contributed by atoms with Crippen LogP contribution in [-0.4, -0.2) is 45.7 Å². The minimum Gasteiger partial charge on any atom is -0.496 e. The predicted octanol–water partition coefficient (Wildman–Crippen LogP) is 1.83. The number of esters is 1. The molecule has 0 saturated heterocycles. The predicted molar refractivity (Wildman–Crippen MR) is 95.3 cm³/mol. The van der Waals surface area contributed by atoms with Gasteiger partial charge in [-0.3, -0.25) is 14.9 Å². The van der Waals surface area contributed by atoms with E-state index in [1.807, 2.05) is 0 Å². The quantitative estimate of drug-likeness (QED) is 0.739. The van der Waals surface area contributed by atoms with Crippen molar-refractivity contribution in [1.29, 1.82) is 0 Å². The zero-order valence-corrected chi connectivity index (χ0v) is 15.1. The van der Waals surface area contributed by atoms with E-state index in [0.717, 1.165) is 0 Å². The Balaban J connectivity index is 2.02. The van der Waals surface area contributed by atoms with Crippen LogP contribution in [0.25, 0.3) is 0 Å². The van der Waals surface area contributed by atoms with Crippen molar-refractivity contribution in [3.63, 3.8) is 0 Å². The van der Waals surface area contributed by atoms with Crippen LogP contribution in [0.1, 0.15) is 20.7 Å². The first-order valence-electron chi connectivity index (χ1n) is 7.87. The van der Waals surface area contributed by atoms with Crippen molar-refractivity contribution >= 4 is 17.8 Å². The Bertz CT molecular complexity index is 825. The smallest absolute Gasteiger partial charge is 0.346 e. The Morgan fingerprint density at radius 3 is 1.96 bits per heavy atom. The number of carbonyl (C=O) groups is 3. The molecule has 0 aromatic heterocycles. The first-order valence-corrected chi connectivity index (χ1v) is 7.87. The fourth-order valence-electron chi connectivity index (χ4n) is 2.32. The van der Waals surface area contributed by atoms with E-state index in [9.17, 15) is 14.4 Å². The van der Waals surface area contributed by atoms with Crippen molar-refractivity contribution in [2.45, 2.75) is 0 Å². The van der Waals surface area contributed by atoms with Crippen LogP contribution < -0.4 is 19.5 Å². The Morgan fingerprint density at radius 2 is 1.37 bits per heavy atom. The SMILES string of the molecule is COc1ccccc1C(=O)NC(=O)COC(=O)c1c(OC)cccc1OC. The summed E-state index contributed by atoms with van der Waals surface area (Å²) in [7, 11) is 4.20. The number of para-hydroxylation sites is 1. The molecule has 0 atom stereocenters. The minimum atomic E-state index is -0.816. The maximum absolute atomic E-state index is 12.3. The van der Waals surface area contributed by atoms with Crippen LogP contribution in [0.2, 0.25) is 0 Å². The molecule has 0 saturated carbocycles. The Kier molecular flexibility index (Phi) is 6.76. The largest absolute Gasteiger partial charge is 0.496 e. The normalized spacial score (nSPS) is 9.89. The summed E-state index contributed by atoms with van der Waals surface area (Å²) < 4.78 is 20.3. The molecule has 142 valence electrons. The van der Waals surface area contributed by atoms with Crippen LogP contribution in [0, 0.1) is 0 Å². The molecule has 8 nitrogen and oxygen atoms in total. The van der Waals surface area contributed by atoms with Gasteiger partial charge in [0.25, 0.3) is 11.8 Å². The summed E-state index contributed by atoms with van der Waals surface area (Å²) in [5.74, 6) is -1.46. The summed E-state index contributed by atoms with van der Waals surface area (Å²) in [6.07, 6.45) is 0. The molecule has 0 aliphatic carbocycles. The van der Waals surface area contributed by atoms with Crippen molar-refractivity contribution in [3.8, 4) is 17.2 Å². The number of imide groups is 1. The van der Waals surface area contributed by atoms with Gasteiger partial charge in [-0.2, -0.15) is 0 Å². The summed E-state index contributed by atoms with van der Waals surface area (Å²) in [5, 5.41) is 2.14. The second-order valence-electron chi connectivity index (χ2n) is 5.19. The lowest BCUT2D eigenvalue weighted by atomic mass is 10.2. The maximum Gasteiger partial charge on any atom is 0.346 e. The molecule has 0 fully saturated rings. The van der Waals surface area contributed by atoms with Gasteiger partial charge in [0, 0.05) is 0 Å².